The van der Waals surface area contributed by atoms with Gasteiger partial charge in [0.2, 0.25) is 0 Å². The van der Waals surface area contributed by atoms with Crippen LogP contribution in [0.15, 0.2) is 0 Å². The van der Waals surface area contributed by atoms with E-state index < -0.39 is 6.10 Å². The fourth-order valence-corrected chi connectivity index (χ4v) is 6.72. The average molecular weight is 737 g/mol. The molecule has 52 heavy (non-hydrogen) atoms. The Kier molecular flexibility index (Phi) is 37.9. The molecule has 0 radical (unpaired) electrons. The van der Waals surface area contributed by atoms with Crippen molar-refractivity contribution in [2.75, 3.05) is 13.2 Å². The fraction of sp³-hybridized carbons (Fsp3) is 0.935. The Labute approximate surface area is 323 Å². The second-order valence-electron chi connectivity index (χ2n) is 16.4. The normalized spacial score (nSPS) is 12.6. The molecule has 308 valence electrons. The summed E-state index contributed by atoms with van der Waals surface area (Å²) in [5.41, 5.74) is 0. The standard InChI is InChI=1S/C46H88O6/c1-6-8-9-10-11-14-21-26-31-36-44(47)50-39-43(40-51-45(48)37-32-27-22-18-17-19-24-29-34-41(3)4)52-46(49)38-33-28-23-16-13-12-15-20-25-30-35-42(5)7-2/h41-43H,6-40H2,1-5H3/t42?,43-/m0/s1. The largest absolute Gasteiger partial charge is 0.462 e. The minimum Gasteiger partial charge on any atom is -0.462 e. The second-order valence-corrected chi connectivity index (χ2v) is 16.4. The molecular formula is C46H88O6. The Morgan fingerprint density at radius 2 is 0.731 bits per heavy atom. The molecule has 0 N–H and O–H groups in total. The number of ether oxygens (including phenoxy) is 3. The molecule has 0 aliphatic rings. The maximum absolute atomic E-state index is 12.7. The smallest absolute Gasteiger partial charge is 0.306 e. The highest BCUT2D eigenvalue weighted by Crippen LogP contribution is 2.17. The van der Waals surface area contributed by atoms with Crippen LogP contribution in [0.25, 0.3) is 0 Å². The molecule has 0 saturated heterocycles. The van der Waals surface area contributed by atoms with Gasteiger partial charge >= 0.3 is 17.9 Å². The number of hydrogen-bond donors (Lipinski definition) is 0. The van der Waals surface area contributed by atoms with Gasteiger partial charge in [-0.05, 0) is 31.1 Å². The van der Waals surface area contributed by atoms with Crippen molar-refractivity contribution in [3.8, 4) is 0 Å². The molecule has 0 aliphatic carbocycles. The first kappa shape index (κ1) is 50.4. The van der Waals surface area contributed by atoms with E-state index in [1.165, 1.54) is 135 Å². The highest BCUT2D eigenvalue weighted by molar-refractivity contribution is 5.71. The van der Waals surface area contributed by atoms with Crippen molar-refractivity contribution in [2.24, 2.45) is 11.8 Å². The molecule has 1 unspecified atom stereocenters. The molecule has 0 aromatic carbocycles. The minimum atomic E-state index is -0.760. The lowest BCUT2D eigenvalue weighted by Gasteiger charge is -2.18. The van der Waals surface area contributed by atoms with Crippen molar-refractivity contribution < 1.29 is 28.6 Å². The summed E-state index contributed by atoms with van der Waals surface area (Å²) < 4.78 is 16.7. The van der Waals surface area contributed by atoms with Gasteiger partial charge in [-0.3, -0.25) is 14.4 Å². The van der Waals surface area contributed by atoms with Crippen LogP contribution in [0.4, 0.5) is 0 Å². The molecule has 0 saturated carbocycles. The number of carbonyl (C=O) groups is 3. The van der Waals surface area contributed by atoms with Gasteiger partial charge in [-0.25, -0.2) is 0 Å². The zero-order valence-corrected chi connectivity index (χ0v) is 35.4. The van der Waals surface area contributed by atoms with Crippen LogP contribution in [0.3, 0.4) is 0 Å². The molecule has 0 amide bonds. The van der Waals surface area contributed by atoms with Crippen molar-refractivity contribution >= 4 is 17.9 Å². The van der Waals surface area contributed by atoms with Crippen LogP contribution in [0.5, 0.6) is 0 Å². The van der Waals surface area contributed by atoms with Gasteiger partial charge in [0.05, 0.1) is 0 Å². The third-order valence-electron chi connectivity index (χ3n) is 10.6. The molecule has 0 aromatic heterocycles. The minimum absolute atomic E-state index is 0.0654. The van der Waals surface area contributed by atoms with Gasteiger partial charge in [0, 0.05) is 19.3 Å². The predicted molar refractivity (Wildman–Crippen MR) is 220 cm³/mol. The van der Waals surface area contributed by atoms with Crippen LogP contribution in [-0.4, -0.2) is 37.2 Å². The van der Waals surface area contributed by atoms with Crippen LogP contribution in [0.2, 0.25) is 0 Å². The highest BCUT2D eigenvalue weighted by Gasteiger charge is 2.19. The van der Waals surface area contributed by atoms with E-state index in [1.54, 1.807) is 0 Å². The molecule has 0 rings (SSSR count). The number of unbranched alkanes of at least 4 members (excludes halogenated alkanes) is 24. The topological polar surface area (TPSA) is 78.9 Å². The summed E-state index contributed by atoms with van der Waals surface area (Å²) in [5.74, 6) is 0.802. The van der Waals surface area contributed by atoms with E-state index in [0.29, 0.717) is 19.3 Å². The first-order valence-electron chi connectivity index (χ1n) is 22.8. The summed E-state index contributed by atoms with van der Waals surface area (Å²) in [6.45, 7) is 11.3. The summed E-state index contributed by atoms with van der Waals surface area (Å²) >= 11 is 0. The Morgan fingerprint density at radius 3 is 1.10 bits per heavy atom. The van der Waals surface area contributed by atoms with Gasteiger partial charge < -0.3 is 14.2 Å². The SMILES string of the molecule is CCCCCCCCCCCC(=O)OC[C@@H](COC(=O)CCCCCCCCCCC(C)C)OC(=O)CCCCCCCCCCCCC(C)CC. The van der Waals surface area contributed by atoms with E-state index in [2.05, 4.69) is 34.6 Å². The van der Waals surface area contributed by atoms with Crippen LogP contribution in [-0.2, 0) is 28.6 Å². The Hall–Kier alpha value is -1.59. The van der Waals surface area contributed by atoms with E-state index in [9.17, 15) is 14.4 Å². The summed E-state index contributed by atoms with van der Waals surface area (Å²) in [4.78, 5) is 37.6. The third kappa shape index (κ3) is 38.1. The molecule has 0 aliphatic heterocycles. The van der Waals surface area contributed by atoms with Crippen molar-refractivity contribution in [2.45, 2.75) is 253 Å². The zero-order valence-electron chi connectivity index (χ0n) is 35.4. The monoisotopic (exact) mass is 737 g/mol. The molecule has 0 heterocycles. The lowest BCUT2D eigenvalue weighted by molar-refractivity contribution is -0.167. The molecule has 0 fully saturated rings. The molecule has 0 spiro atoms. The van der Waals surface area contributed by atoms with Gasteiger partial charge in [-0.2, -0.15) is 0 Å². The summed E-state index contributed by atoms with van der Waals surface area (Å²) in [6.07, 6.45) is 36.6. The van der Waals surface area contributed by atoms with Gasteiger partial charge in [-0.1, -0.05) is 208 Å². The second kappa shape index (κ2) is 39.1. The Balaban J connectivity index is 4.33. The van der Waals surface area contributed by atoms with E-state index in [-0.39, 0.29) is 31.1 Å². The lowest BCUT2D eigenvalue weighted by atomic mass is 9.99. The van der Waals surface area contributed by atoms with E-state index in [1.807, 2.05) is 0 Å². The van der Waals surface area contributed by atoms with E-state index in [4.69, 9.17) is 14.2 Å². The van der Waals surface area contributed by atoms with Gasteiger partial charge in [0.25, 0.3) is 0 Å². The molecule has 0 bridgehead atoms. The van der Waals surface area contributed by atoms with Crippen molar-refractivity contribution in [1.29, 1.82) is 0 Å². The number of esters is 3. The zero-order chi connectivity index (χ0) is 38.3. The van der Waals surface area contributed by atoms with Crippen LogP contribution in [0, 0.1) is 11.8 Å². The van der Waals surface area contributed by atoms with Crippen molar-refractivity contribution in [3.05, 3.63) is 0 Å². The first-order chi connectivity index (χ1) is 25.3. The van der Waals surface area contributed by atoms with E-state index in [0.717, 1.165) is 69.6 Å². The van der Waals surface area contributed by atoms with Gasteiger partial charge in [0.15, 0.2) is 6.10 Å². The van der Waals surface area contributed by atoms with Crippen molar-refractivity contribution in [3.63, 3.8) is 0 Å². The highest BCUT2D eigenvalue weighted by atomic mass is 16.6. The first-order valence-corrected chi connectivity index (χ1v) is 22.8. The fourth-order valence-electron chi connectivity index (χ4n) is 6.72. The van der Waals surface area contributed by atoms with E-state index >= 15 is 0 Å². The summed E-state index contributed by atoms with van der Waals surface area (Å²) in [5, 5.41) is 0. The molecular weight excluding hydrogens is 649 g/mol. The van der Waals surface area contributed by atoms with Gasteiger partial charge in [0.1, 0.15) is 13.2 Å². The average Bonchev–Trinajstić information content (AvgIpc) is 3.12. The molecule has 0 aromatic rings. The molecule has 6 heteroatoms. The van der Waals surface area contributed by atoms with Crippen LogP contribution >= 0.6 is 0 Å². The van der Waals surface area contributed by atoms with Gasteiger partial charge in [-0.15, -0.1) is 0 Å². The van der Waals surface area contributed by atoms with Crippen molar-refractivity contribution in [1.82, 2.24) is 0 Å². The number of hydrogen-bond acceptors (Lipinski definition) is 6. The predicted octanol–water partition coefficient (Wildman–Crippen LogP) is 14.2. The molecule has 6 nitrogen and oxygen atoms in total. The Morgan fingerprint density at radius 1 is 0.404 bits per heavy atom. The maximum Gasteiger partial charge on any atom is 0.306 e. The quantitative estimate of drug-likeness (QED) is 0.0354. The summed E-state index contributed by atoms with van der Waals surface area (Å²) in [7, 11) is 0. The number of rotatable bonds is 40. The Bertz CT molecular complexity index is 796. The van der Waals surface area contributed by atoms with Crippen LogP contribution in [0.1, 0.15) is 247 Å². The lowest BCUT2D eigenvalue weighted by Crippen LogP contribution is -2.30. The van der Waals surface area contributed by atoms with Crippen LogP contribution < -0.4 is 0 Å². The third-order valence-corrected chi connectivity index (χ3v) is 10.6. The number of carbonyl (C=O) groups excluding carboxylic acids is 3. The summed E-state index contributed by atoms with van der Waals surface area (Å²) in [6, 6.07) is 0. The molecule has 2 atom stereocenters. The maximum atomic E-state index is 12.7.